The van der Waals surface area contributed by atoms with Gasteiger partial charge in [0.05, 0.1) is 30.1 Å². The van der Waals surface area contributed by atoms with E-state index in [2.05, 4.69) is 26.8 Å². The van der Waals surface area contributed by atoms with Gasteiger partial charge in [-0.1, -0.05) is 37.6 Å². The number of aryl methyl sites for hydroxylation is 1. The van der Waals surface area contributed by atoms with Crippen LogP contribution in [0.2, 0.25) is 5.02 Å². The molecule has 0 unspecified atom stereocenters. The number of Topliss-reactive ketones (excluding diaryl/α,β-unsaturated/α-hetero) is 2. The van der Waals surface area contributed by atoms with Gasteiger partial charge in [-0.15, -0.1) is 11.3 Å². The van der Waals surface area contributed by atoms with Crippen LogP contribution in [0.3, 0.4) is 0 Å². The van der Waals surface area contributed by atoms with Crippen molar-refractivity contribution in [2.45, 2.75) is 71.3 Å². The highest BCUT2D eigenvalue weighted by Crippen LogP contribution is 2.35. The van der Waals surface area contributed by atoms with Crippen LogP contribution in [-0.2, 0) is 11.2 Å². The maximum Gasteiger partial charge on any atom is 0.237 e. The van der Waals surface area contributed by atoms with Crippen molar-refractivity contribution in [2.75, 3.05) is 24.6 Å². The second kappa shape index (κ2) is 12.6. The molecule has 3 heterocycles. The normalized spacial score (nSPS) is 17.6. The van der Waals surface area contributed by atoms with Crippen LogP contribution in [0, 0.1) is 12.8 Å². The summed E-state index contributed by atoms with van der Waals surface area (Å²) in [5, 5.41) is 1.17. The number of ether oxygens (including phenoxy) is 2. The molecule has 1 saturated heterocycles. The Morgan fingerprint density at radius 1 is 1.18 bits per heavy atom. The van der Waals surface area contributed by atoms with Gasteiger partial charge in [-0.05, 0) is 49.3 Å². The van der Waals surface area contributed by atoms with Crippen molar-refractivity contribution in [1.82, 2.24) is 15.0 Å². The molecule has 0 spiro atoms. The van der Waals surface area contributed by atoms with Gasteiger partial charge in [0.2, 0.25) is 5.88 Å². The lowest BCUT2D eigenvalue weighted by molar-refractivity contribution is -0.118. The zero-order chi connectivity index (χ0) is 28.2. The SMILES string of the molecule is CCC(=O)Cc1nc(C)c(C(=O)C[C@@H](C)c2ccc(O[C@@H]3CCN(c4ncnc(OCC5CC5)c4Cl)C3)cc2)s1. The molecule has 3 aromatic rings. The Bertz CT molecular complexity index is 1360. The molecule has 2 aliphatic rings. The van der Waals surface area contributed by atoms with Gasteiger partial charge in [-0.25, -0.2) is 15.0 Å². The van der Waals surface area contributed by atoms with Crippen LogP contribution in [0.25, 0.3) is 0 Å². The highest BCUT2D eigenvalue weighted by atomic mass is 35.5. The van der Waals surface area contributed by atoms with Crippen LogP contribution in [-0.4, -0.2) is 52.3 Å². The van der Waals surface area contributed by atoms with Crippen molar-refractivity contribution >= 4 is 40.3 Å². The molecule has 2 aromatic heterocycles. The Hall–Kier alpha value is -3.04. The minimum atomic E-state index is 0.00908. The number of aromatic nitrogens is 3. The zero-order valence-corrected chi connectivity index (χ0v) is 24.8. The summed E-state index contributed by atoms with van der Waals surface area (Å²) in [5.41, 5.74) is 1.78. The minimum absolute atomic E-state index is 0.00908. The lowest BCUT2D eigenvalue weighted by atomic mass is 9.95. The van der Waals surface area contributed by atoms with Crippen LogP contribution in [0.5, 0.6) is 11.6 Å². The van der Waals surface area contributed by atoms with E-state index in [4.69, 9.17) is 21.1 Å². The van der Waals surface area contributed by atoms with Gasteiger partial charge < -0.3 is 14.4 Å². The highest BCUT2D eigenvalue weighted by Gasteiger charge is 2.29. The number of rotatable bonds is 13. The fourth-order valence-corrected chi connectivity index (χ4v) is 6.11. The van der Waals surface area contributed by atoms with Gasteiger partial charge >= 0.3 is 0 Å². The Labute approximate surface area is 244 Å². The summed E-state index contributed by atoms with van der Waals surface area (Å²) in [6, 6.07) is 7.98. The molecule has 0 N–H and O–H groups in total. The Morgan fingerprint density at radius 2 is 1.95 bits per heavy atom. The molecular formula is C30H35ClN4O4S. The number of carbonyl (C=O) groups is 2. The summed E-state index contributed by atoms with van der Waals surface area (Å²) >= 11 is 7.93. The standard InChI is InChI=1S/C30H35ClN4O4S/c1-4-22(36)14-26-34-19(3)28(40-26)25(37)13-18(2)21-7-9-23(10-8-21)39-24-11-12-35(15-24)29-27(31)30(33-17-32-29)38-16-20-5-6-20/h7-10,17-18,20,24H,4-6,11-16H2,1-3H3/t18-,24-/m1/s1. The second-order valence-corrected chi connectivity index (χ2v) is 12.2. The van der Waals surface area contributed by atoms with Gasteiger partial charge in [0.15, 0.2) is 11.6 Å². The van der Waals surface area contributed by atoms with E-state index in [9.17, 15) is 9.59 Å². The molecule has 8 nitrogen and oxygen atoms in total. The quantitative estimate of drug-likeness (QED) is 0.219. The largest absolute Gasteiger partial charge is 0.489 e. The van der Waals surface area contributed by atoms with E-state index >= 15 is 0 Å². The molecule has 1 saturated carbocycles. The Balaban J connectivity index is 1.14. The number of benzene rings is 1. The summed E-state index contributed by atoms with van der Waals surface area (Å²) < 4.78 is 12.1. The van der Waals surface area contributed by atoms with Gasteiger partial charge in [0.25, 0.3) is 0 Å². The molecular weight excluding hydrogens is 548 g/mol. The first-order chi connectivity index (χ1) is 19.3. The first-order valence-corrected chi connectivity index (χ1v) is 15.2. The number of anilines is 1. The second-order valence-electron chi connectivity index (χ2n) is 10.7. The topological polar surface area (TPSA) is 94.5 Å². The van der Waals surface area contributed by atoms with Crippen molar-refractivity contribution in [3.05, 3.63) is 56.8 Å². The van der Waals surface area contributed by atoms with Crippen LogP contribution in [0.15, 0.2) is 30.6 Å². The summed E-state index contributed by atoms with van der Waals surface area (Å²) in [5.74, 6) is 2.78. The lowest BCUT2D eigenvalue weighted by Crippen LogP contribution is -2.25. The summed E-state index contributed by atoms with van der Waals surface area (Å²) in [7, 11) is 0. The Morgan fingerprint density at radius 3 is 2.67 bits per heavy atom. The molecule has 10 heteroatoms. The number of thiazole rings is 1. The average Bonchev–Trinajstić information content (AvgIpc) is 3.54. The van der Waals surface area contributed by atoms with E-state index in [1.54, 1.807) is 0 Å². The van der Waals surface area contributed by atoms with Crippen molar-refractivity contribution in [1.29, 1.82) is 0 Å². The van der Waals surface area contributed by atoms with E-state index in [0.29, 0.717) is 65.6 Å². The number of hydrogen-bond donors (Lipinski definition) is 0. The molecule has 5 rings (SSSR count). The van der Waals surface area contributed by atoms with E-state index in [-0.39, 0.29) is 23.6 Å². The zero-order valence-electron chi connectivity index (χ0n) is 23.2. The molecule has 1 aliphatic carbocycles. The fourth-order valence-electron chi connectivity index (χ4n) is 4.80. The third-order valence-electron chi connectivity index (χ3n) is 7.42. The molecule has 1 aromatic carbocycles. The number of halogens is 1. The summed E-state index contributed by atoms with van der Waals surface area (Å²) in [6.07, 6.45) is 5.93. The summed E-state index contributed by atoms with van der Waals surface area (Å²) in [6.45, 7) is 7.84. The van der Waals surface area contributed by atoms with Crippen LogP contribution in [0.4, 0.5) is 5.82 Å². The first kappa shape index (κ1) is 28.5. The monoisotopic (exact) mass is 582 g/mol. The van der Waals surface area contributed by atoms with Crippen molar-refractivity contribution < 1.29 is 19.1 Å². The number of carbonyl (C=O) groups excluding carboxylic acids is 2. The molecule has 2 atom stereocenters. The van der Waals surface area contributed by atoms with Crippen molar-refractivity contribution in [3.8, 4) is 11.6 Å². The third kappa shape index (κ3) is 6.99. The number of ketones is 2. The third-order valence-corrected chi connectivity index (χ3v) is 8.95. The predicted octanol–water partition coefficient (Wildman–Crippen LogP) is 6.24. The smallest absolute Gasteiger partial charge is 0.237 e. The molecule has 0 amide bonds. The fraction of sp³-hybridized carbons (Fsp3) is 0.500. The van der Waals surface area contributed by atoms with E-state index < -0.39 is 0 Å². The van der Waals surface area contributed by atoms with Gasteiger partial charge in [-0.2, -0.15) is 0 Å². The van der Waals surface area contributed by atoms with Gasteiger partial charge in [0.1, 0.15) is 34.0 Å². The average molecular weight is 583 g/mol. The number of nitrogens with zero attached hydrogens (tertiary/aromatic N) is 4. The molecule has 0 radical (unpaired) electrons. The Kier molecular flexibility index (Phi) is 9.00. The van der Waals surface area contributed by atoms with Crippen molar-refractivity contribution in [2.24, 2.45) is 5.92 Å². The van der Waals surface area contributed by atoms with Gasteiger partial charge in [-0.3, -0.25) is 9.59 Å². The molecule has 2 fully saturated rings. The first-order valence-electron chi connectivity index (χ1n) is 14.0. The van der Waals surface area contributed by atoms with Crippen LogP contribution < -0.4 is 14.4 Å². The predicted molar refractivity (Wildman–Crippen MR) is 156 cm³/mol. The molecule has 212 valence electrons. The van der Waals surface area contributed by atoms with E-state index in [0.717, 1.165) is 29.3 Å². The highest BCUT2D eigenvalue weighted by molar-refractivity contribution is 7.14. The van der Waals surface area contributed by atoms with Crippen LogP contribution >= 0.6 is 22.9 Å². The molecule has 40 heavy (non-hydrogen) atoms. The van der Waals surface area contributed by atoms with Crippen LogP contribution in [0.1, 0.15) is 77.8 Å². The molecule has 1 aliphatic heterocycles. The van der Waals surface area contributed by atoms with Gasteiger partial charge in [0, 0.05) is 25.8 Å². The van der Waals surface area contributed by atoms with E-state index in [1.165, 1.54) is 30.5 Å². The van der Waals surface area contributed by atoms with Crippen molar-refractivity contribution in [3.63, 3.8) is 0 Å². The summed E-state index contributed by atoms with van der Waals surface area (Å²) in [4.78, 5) is 40.6. The maximum absolute atomic E-state index is 13.0. The minimum Gasteiger partial charge on any atom is -0.489 e. The number of hydrogen-bond acceptors (Lipinski definition) is 9. The van der Waals surface area contributed by atoms with E-state index in [1.807, 2.05) is 38.1 Å². The maximum atomic E-state index is 13.0. The lowest BCUT2D eigenvalue weighted by Gasteiger charge is -2.20. The molecule has 0 bridgehead atoms.